The van der Waals surface area contributed by atoms with Crippen LogP contribution in [-0.2, 0) is 4.74 Å². The molecule has 1 saturated heterocycles. The maximum Gasteiger partial charge on any atom is 0.254 e. The van der Waals surface area contributed by atoms with Crippen molar-refractivity contribution in [3.63, 3.8) is 0 Å². The van der Waals surface area contributed by atoms with E-state index >= 15 is 0 Å². The maximum absolute atomic E-state index is 13.4. The van der Waals surface area contributed by atoms with Crippen molar-refractivity contribution in [2.75, 3.05) is 20.2 Å². The Morgan fingerprint density at radius 2 is 2.07 bits per heavy atom. The number of pyridine rings is 1. The lowest BCUT2D eigenvalue weighted by Gasteiger charge is -2.33. The number of aryl methyl sites for hydroxylation is 1. The number of hydrogen-bond acceptors (Lipinski definition) is 4. The van der Waals surface area contributed by atoms with E-state index in [1.165, 1.54) is 12.1 Å². The number of halogens is 1. The average Bonchev–Trinajstić information content (AvgIpc) is 2.72. The van der Waals surface area contributed by atoms with Crippen LogP contribution in [0.2, 0.25) is 0 Å². The number of aliphatic imine (C=N–C) groups is 1. The second-order valence-electron chi connectivity index (χ2n) is 6.89. The van der Waals surface area contributed by atoms with Crippen LogP contribution in [-0.4, -0.2) is 41.9 Å². The van der Waals surface area contributed by atoms with Crippen LogP contribution < -0.4 is 0 Å². The molecule has 3 rings (SSSR count). The normalized spacial score (nSPS) is 17.3. The zero-order valence-electron chi connectivity index (χ0n) is 16.2. The van der Waals surface area contributed by atoms with E-state index in [2.05, 4.69) is 16.6 Å². The van der Waals surface area contributed by atoms with Gasteiger partial charge in [0.1, 0.15) is 5.82 Å². The first-order valence-electron chi connectivity index (χ1n) is 9.27. The fourth-order valence-electron chi connectivity index (χ4n) is 3.45. The number of hydrogen-bond donors (Lipinski definition) is 0. The van der Waals surface area contributed by atoms with Crippen molar-refractivity contribution in [2.24, 2.45) is 10.9 Å². The maximum atomic E-state index is 13.4. The number of benzene rings is 1. The molecule has 28 heavy (non-hydrogen) atoms. The third kappa shape index (κ3) is 4.44. The molecule has 5 nitrogen and oxygen atoms in total. The minimum absolute atomic E-state index is 0.0120. The van der Waals surface area contributed by atoms with Crippen LogP contribution in [0.25, 0.3) is 5.70 Å². The lowest BCUT2D eigenvalue weighted by atomic mass is 9.96. The molecule has 0 spiro atoms. The highest BCUT2D eigenvalue weighted by atomic mass is 19.1. The second kappa shape index (κ2) is 8.78. The molecule has 0 saturated carbocycles. The van der Waals surface area contributed by atoms with Gasteiger partial charge >= 0.3 is 0 Å². The Balaban J connectivity index is 1.76. The first-order valence-corrected chi connectivity index (χ1v) is 9.27. The first kappa shape index (κ1) is 19.7. The predicted octanol–water partition coefficient (Wildman–Crippen LogP) is 4.10. The van der Waals surface area contributed by atoms with E-state index in [0.717, 1.165) is 18.4 Å². The van der Waals surface area contributed by atoms with E-state index < -0.39 is 0 Å². The van der Waals surface area contributed by atoms with Gasteiger partial charge in [-0.25, -0.2) is 9.38 Å². The summed E-state index contributed by atoms with van der Waals surface area (Å²) in [6, 6.07) is 7.94. The molecular weight excluding hydrogens is 357 g/mol. The summed E-state index contributed by atoms with van der Waals surface area (Å²) >= 11 is 0. The van der Waals surface area contributed by atoms with Crippen LogP contribution in [0.5, 0.6) is 0 Å². The molecule has 0 radical (unpaired) electrons. The van der Waals surface area contributed by atoms with E-state index in [-0.39, 0.29) is 17.6 Å². The summed E-state index contributed by atoms with van der Waals surface area (Å²) in [6.07, 6.45) is 5.10. The van der Waals surface area contributed by atoms with Gasteiger partial charge in [-0.15, -0.1) is 0 Å². The van der Waals surface area contributed by atoms with Crippen LogP contribution in [0.15, 0.2) is 54.3 Å². The van der Waals surface area contributed by atoms with Crippen LogP contribution in [0.3, 0.4) is 0 Å². The van der Waals surface area contributed by atoms with Crippen molar-refractivity contribution in [1.82, 2.24) is 9.88 Å². The molecule has 0 bridgehead atoms. The largest absolute Gasteiger partial charge is 0.484 e. The molecule has 0 N–H and O–H groups in total. The molecule has 2 heterocycles. The molecular formula is C22H24FN3O2. The Bertz CT molecular complexity index is 896. The van der Waals surface area contributed by atoms with Crippen molar-refractivity contribution in [3.05, 3.63) is 71.8 Å². The summed E-state index contributed by atoms with van der Waals surface area (Å²) in [4.78, 5) is 23.3. The third-order valence-electron chi connectivity index (χ3n) is 4.94. The van der Waals surface area contributed by atoms with Crippen LogP contribution in [0.1, 0.15) is 34.3 Å². The van der Waals surface area contributed by atoms with Gasteiger partial charge in [-0.1, -0.05) is 6.58 Å². The topological polar surface area (TPSA) is 54.8 Å². The lowest BCUT2D eigenvalue weighted by molar-refractivity contribution is 0.0694. The average molecular weight is 381 g/mol. The molecule has 1 atom stereocenters. The van der Waals surface area contributed by atoms with Crippen LogP contribution >= 0.6 is 0 Å². The van der Waals surface area contributed by atoms with Gasteiger partial charge in [-0.05, 0) is 55.7 Å². The highest BCUT2D eigenvalue weighted by molar-refractivity contribution is 5.96. The number of amides is 1. The fourth-order valence-corrected chi connectivity index (χ4v) is 3.45. The van der Waals surface area contributed by atoms with Crippen molar-refractivity contribution in [2.45, 2.75) is 19.8 Å². The second-order valence-corrected chi connectivity index (χ2v) is 6.89. The van der Waals surface area contributed by atoms with Gasteiger partial charge in [-0.3, -0.25) is 9.78 Å². The number of methoxy groups -OCH3 is 1. The fraction of sp³-hybridized carbons (Fsp3) is 0.318. The molecule has 2 aromatic rings. The summed E-state index contributed by atoms with van der Waals surface area (Å²) in [5.41, 5.74) is 2.63. The van der Waals surface area contributed by atoms with Gasteiger partial charge in [0.2, 0.25) is 0 Å². The number of rotatable bonds is 4. The molecule has 1 amide bonds. The summed E-state index contributed by atoms with van der Waals surface area (Å²) in [6.45, 7) is 6.93. The number of piperidine rings is 1. The zero-order valence-corrected chi connectivity index (χ0v) is 16.2. The van der Waals surface area contributed by atoms with Crippen LogP contribution in [0.4, 0.5) is 4.39 Å². The number of ether oxygens (including phenoxy) is 1. The van der Waals surface area contributed by atoms with Gasteiger partial charge in [-0.2, -0.15) is 0 Å². The predicted molar refractivity (Wildman–Crippen MR) is 107 cm³/mol. The number of aromatic nitrogens is 1. The minimum Gasteiger partial charge on any atom is -0.484 e. The number of nitrogens with zero attached hydrogens (tertiary/aromatic N) is 3. The first-order chi connectivity index (χ1) is 13.5. The highest BCUT2D eigenvalue weighted by Crippen LogP contribution is 2.24. The number of carbonyl (C=O) groups excluding carboxylic acids is 1. The van der Waals surface area contributed by atoms with Gasteiger partial charge in [0.05, 0.1) is 18.7 Å². The van der Waals surface area contributed by atoms with E-state index in [4.69, 9.17) is 4.74 Å². The SMILES string of the molecule is C=C(N=C(OC)[C@H]1CCCN(C(=O)c2ccc(F)cc2C)C1)c1ccncc1. The molecule has 1 aliphatic heterocycles. The third-order valence-corrected chi connectivity index (χ3v) is 4.94. The molecule has 1 aromatic heterocycles. The Labute approximate surface area is 164 Å². The standard InChI is InChI=1S/C22H24FN3O2/c1-15-13-19(23)6-7-20(15)22(27)26-12-4-5-18(14-26)21(28-3)25-16(2)17-8-10-24-11-9-17/h6-11,13,18H,2,4-5,12,14H2,1,3H3/t18-/m0/s1. The van der Waals surface area contributed by atoms with Crippen LogP contribution in [0, 0.1) is 18.7 Å². The van der Waals surface area contributed by atoms with Crippen molar-refractivity contribution in [3.8, 4) is 0 Å². The smallest absolute Gasteiger partial charge is 0.254 e. The Morgan fingerprint density at radius 1 is 1.32 bits per heavy atom. The van der Waals surface area contributed by atoms with E-state index in [9.17, 15) is 9.18 Å². The van der Waals surface area contributed by atoms with Crippen molar-refractivity contribution >= 4 is 17.5 Å². The van der Waals surface area contributed by atoms with Gasteiger partial charge < -0.3 is 9.64 Å². The zero-order chi connectivity index (χ0) is 20.1. The van der Waals surface area contributed by atoms with Gasteiger partial charge in [0, 0.05) is 36.6 Å². The summed E-state index contributed by atoms with van der Waals surface area (Å²) in [7, 11) is 1.59. The minimum atomic E-state index is -0.339. The molecule has 146 valence electrons. The molecule has 6 heteroatoms. The van der Waals surface area contributed by atoms with E-state index in [1.807, 2.05) is 12.1 Å². The highest BCUT2D eigenvalue weighted by Gasteiger charge is 2.29. The van der Waals surface area contributed by atoms with Crippen molar-refractivity contribution < 1.29 is 13.9 Å². The van der Waals surface area contributed by atoms with Gasteiger partial charge in [0.25, 0.3) is 5.91 Å². The molecule has 0 aliphatic carbocycles. The number of likely N-dealkylation sites (tertiary alicyclic amines) is 1. The Kier molecular flexibility index (Phi) is 6.19. The quantitative estimate of drug-likeness (QED) is 0.592. The molecule has 1 fully saturated rings. The lowest BCUT2D eigenvalue weighted by Crippen LogP contribution is -2.43. The van der Waals surface area contributed by atoms with Crippen molar-refractivity contribution in [1.29, 1.82) is 0 Å². The Hall–Kier alpha value is -3.02. The number of carbonyl (C=O) groups is 1. The van der Waals surface area contributed by atoms with Gasteiger partial charge in [0.15, 0.2) is 5.90 Å². The molecule has 1 aliphatic rings. The van der Waals surface area contributed by atoms with E-state index in [1.54, 1.807) is 37.4 Å². The monoisotopic (exact) mass is 381 g/mol. The molecule has 0 unspecified atom stereocenters. The Morgan fingerprint density at radius 3 is 2.75 bits per heavy atom. The summed E-state index contributed by atoms with van der Waals surface area (Å²) in [5, 5.41) is 0. The summed E-state index contributed by atoms with van der Waals surface area (Å²) < 4.78 is 18.9. The van der Waals surface area contributed by atoms with E-state index in [0.29, 0.717) is 35.8 Å². The summed E-state index contributed by atoms with van der Waals surface area (Å²) in [5.74, 6) is 0.122. The molecule has 1 aromatic carbocycles.